The molecule has 2 rings (SSSR count). The first kappa shape index (κ1) is 24.2. The number of halogens is 1. The average Bonchev–Trinajstić information content (AvgIpc) is 2.61. The number of hydrogen-bond acceptors (Lipinski definition) is 4. The number of benzene rings is 2. The van der Waals surface area contributed by atoms with E-state index in [9.17, 15) is 8.42 Å². The summed E-state index contributed by atoms with van der Waals surface area (Å²) in [5.41, 5.74) is 2.13. The molecule has 0 aliphatic carbocycles. The summed E-state index contributed by atoms with van der Waals surface area (Å²) in [5, 5.41) is 6.43. The number of aliphatic imine (C=N–C) groups is 1. The Hall–Kier alpha value is -1.81. The van der Waals surface area contributed by atoms with Gasteiger partial charge in [0, 0.05) is 19.8 Å². The van der Waals surface area contributed by atoms with Gasteiger partial charge in [-0.2, -0.15) is 0 Å². The molecule has 0 saturated heterocycles. The van der Waals surface area contributed by atoms with Crippen molar-refractivity contribution in [3.63, 3.8) is 0 Å². The summed E-state index contributed by atoms with van der Waals surface area (Å²) in [7, 11) is -1.47. The number of rotatable bonds is 7. The molecule has 0 amide bonds. The molecule has 1 atom stereocenters. The third kappa shape index (κ3) is 8.05. The minimum absolute atomic E-state index is 0. The van der Waals surface area contributed by atoms with Gasteiger partial charge in [0.05, 0.1) is 11.4 Å². The van der Waals surface area contributed by atoms with Crippen LogP contribution < -0.4 is 15.4 Å². The Balaban J connectivity index is 0.00000392. The third-order valence-electron chi connectivity index (χ3n) is 3.92. The zero-order valence-corrected chi connectivity index (χ0v) is 19.7. The number of aryl methyl sites for hydroxylation is 1. The molecule has 2 N–H and O–H groups in total. The zero-order chi connectivity index (χ0) is 19.9. The molecule has 2 aromatic carbocycles. The number of nitrogens with zero attached hydrogens (tertiary/aromatic N) is 1. The van der Waals surface area contributed by atoms with Gasteiger partial charge in [-0.3, -0.25) is 4.99 Å². The normalized spacial score (nSPS) is 12.6. The summed E-state index contributed by atoms with van der Waals surface area (Å²) in [6.45, 7) is 5.16. The van der Waals surface area contributed by atoms with E-state index in [1.54, 1.807) is 31.3 Å². The van der Waals surface area contributed by atoms with Crippen molar-refractivity contribution in [2.75, 3.05) is 19.8 Å². The van der Waals surface area contributed by atoms with Gasteiger partial charge in [-0.15, -0.1) is 24.0 Å². The lowest BCUT2D eigenvalue weighted by molar-refractivity contribution is 0.223. The Morgan fingerprint density at radius 3 is 2.39 bits per heavy atom. The number of sulfone groups is 1. The van der Waals surface area contributed by atoms with E-state index >= 15 is 0 Å². The Morgan fingerprint density at radius 2 is 1.82 bits per heavy atom. The molecule has 0 aliphatic rings. The van der Waals surface area contributed by atoms with Gasteiger partial charge in [-0.05, 0) is 49.2 Å². The fraction of sp³-hybridized carbons (Fsp3) is 0.350. The molecule has 0 spiro atoms. The molecule has 0 bridgehead atoms. The van der Waals surface area contributed by atoms with Gasteiger partial charge in [-0.25, -0.2) is 8.42 Å². The van der Waals surface area contributed by atoms with E-state index in [1.807, 2.05) is 38.1 Å². The van der Waals surface area contributed by atoms with Crippen LogP contribution in [-0.2, 0) is 16.4 Å². The zero-order valence-electron chi connectivity index (χ0n) is 16.6. The van der Waals surface area contributed by atoms with Crippen LogP contribution in [0.2, 0.25) is 0 Å². The first-order valence-corrected chi connectivity index (χ1v) is 10.6. The highest BCUT2D eigenvalue weighted by Crippen LogP contribution is 2.14. The van der Waals surface area contributed by atoms with Crippen molar-refractivity contribution in [1.82, 2.24) is 10.6 Å². The monoisotopic (exact) mass is 517 g/mol. The van der Waals surface area contributed by atoms with E-state index in [2.05, 4.69) is 15.6 Å². The first-order valence-electron chi connectivity index (χ1n) is 8.75. The lowest BCUT2D eigenvalue weighted by Crippen LogP contribution is -2.41. The second-order valence-corrected chi connectivity index (χ2v) is 8.48. The summed E-state index contributed by atoms with van der Waals surface area (Å²) in [5.74, 6) is 1.50. The molecule has 154 valence electrons. The number of guanidine groups is 1. The molecule has 6 nitrogen and oxygen atoms in total. The third-order valence-corrected chi connectivity index (χ3v) is 5.05. The minimum Gasteiger partial charge on any atom is -0.489 e. The van der Waals surface area contributed by atoms with Crippen LogP contribution >= 0.6 is 24.0 Å². The van der Waals surface area contributed by atoms with E-state index in [0.717, 1.165) is 16.9 Å². The van der Waals surface area contributed by atoms with Gasteiger partial charge in [-0.1, -0.05) is 24.3 Å². The van der Waals surface area contributed by atoms with Crippen molar-refractivity contribution >= 4 is 39.8 Å². The van der Waals surface area contributed by atoms with Gasteiger partial charge in [0.25, 0.3) is 0 Å². The van der Waals surface area contributed by atoms with Crippen LogP contribution in [0.25, 0.3) is 0 Å². The molecular formula is C20H28IN3O3S. The van der Waals surface area contributed by atoms with Crippen molar-refractivity contribution in [3.8, 4) is 5.75 Å². The number of nitrogens with one attached hydrogen (secondary N) is 2. The highest BCUT2D eigenvalue weighted by Gasteiger charge is 2.08. The van der Waals surface area contributed by atoms with Crippen molar-refractivity contribution in [1.29, 1.82) is 0 Å². The van der Waals surface area contributed by atoms with Crippen molar-refractivity contribution in [2.24, 2.45) is 4.99 Å². The highest BCUT2D eigenvalue weighted by molar-refractivity contribution is 14.0. The molecule has 0 aromatic heterocycles. The van der Waals surface area contributed by atoms with E-state index in [1.165, 1.54) is 6.26 Å². The Morgan fingerprint density at radius 1 is 1.14 bits per heavy atom. The van der Waals surface area contributed by atoms with Gasteiger partial charge in [0.2, 0.25) is 0 Å². The average molecular weight is 517 g/mol. The fourth-order valence-corrected chi connectivity index (χ4v) is 3.09. The summed E-state index contributed by atoms with van der Waals surface area (Å²) < 4.78 is 28.9. The van der Waals surface area contributed by atoms with E-state index < -0.39 is 9.84 Å². The topological polar surface area (TPSA) is 79.8 Å². The molecular weight excluding hydrogens is 489 g/mol. The quantitative estimate of drug-likeness (QED) is 0.335. The Bertz CT molecular complexity index is 884. The summed E-state index contributed by atoms with van der Waals surface area (Å²) in [4.78, 5) is 4.51. The van der Waals surface area contributed by atoms with Crippen LogP contribution in [0.4, 0.5) is 0 Å². The van der Waals surface area contributed by atoms with Crippen LogP contribution in [0.3, 0.4) is 0 Å². The molecule has 1 unspecified atom stereocenters. The molecule has 0 heterocycles. The van der Waals surface area contributed by atoms with E-state index in [-0.39, 0.29) is 30.1 Å². The van der Waals surface area contributed by atoms with E-state index in [4.69, 9.17) is 4.74 Å². The maximum Gasteiger partial charge on any atom is 0.191 e. The van der Waals surface area contributed by atoms with Crippen LogP contribution in [0.5, 0.6) is 5.75 Å². The van der Waals surface area contributed by atoms with Crippen LogP contribution in [0.15, 0.2) is 58.4 Å². The predicted octanol–water partition coefficient (Wildman–Crippen LogP) is 3.15. The minimum atomic E-state index is -3.17. The van der Waals surface area contributed by atoms with Crippen LogP contribution in [0, 0.1) is 6.92 Å². The molecule has 28 heavy (non-hydrogen) atoms. The number of ether oxygens (including phenoxy) is 1. The highest BCUT2D eigenvalue weighted by atomic mass is 127. The van der Waals surface area contributed by atoms with Crippen molar-refractivity contribution in [2.45, 2.75) is 31.4 Å². The SMILES string of the molecule is CN=C(NCc1ccc(S(C)(=O)=O)cc1)NCC(C)Oc1cccc(C)c1.I. The first-order chi connectivity index (χ1) is 12.8. The van der Waals surface area contributed by atoms with Gasteiger partial charge in [0.1, 0.15) is 11.9 Å². The Labute approximate surface area is 184 Å². The second kappa shape index (κ2) is 11.3. The smallest absolute Gasteiger partial charge is 0.191 e. The lowest BCUT2D eigenvalue weighted by atomic mass is 10.2. The summed E-state index contributed by atoms with van der Waals surface area (Å²) in [6.07, 6.45) is 1.17. The molecule has 8 heteroatoms. The number of hydrogen-bond donors (Lipinski definition) is 2. The molecule has 0 radical (unpaired) electrons. The second-order valence-electron chi connectivity index (χ2n) is 6.47. The maximum absolute atomic E-state index is 11.5. The largest absolute Gasteiger partial charge is 0.489 e. The Kier molecular flexibility index (Phi) is 9.74. The molecule has 0 saturated carbocycles. The fourth-order valence-electron chi connectivity index (χ4n) is 2.46. The predicted molar refractivity (Wildman–Crippen MR) is 124 cm³/mol. The molecule has 2 aromatic rings. The van der Waals surface area contributed by atoms with Gasteiger partial charge < -0.3 is 15.4 Å². The van der Waals surface area contributed by atoms with Crippen molar-refractivity contribution < 1.29 is 13.2 Å². The van der Waals surface area contributed by atoms with Crippen molar-refractivity contribution in [3.05, 3.63) is 59.7 Å². The van der Waals surface area contributed by atoms with E-state index in [0.29, 0.717) is 23.9 Å². The van der Waals surface area contributed by atoms with Gasteiger partial charge >= 0.3 is 0 Å². The summed E-state index contributed by atoms with van der Waals surface area (Å²) in [6, 6.07) is 14.8. The van der Waals surface area contributed by atoms with Gasteiger partial charge in [0.15, 0.2) is 15.8 Å². The summed E-state index contributed by atoms with van der Waals surface area (Å²) >= 11 is 0. The molecule has 0 fully saturated rings. The standard InChI is InChI=1S/C20H27N3O3S.HI/c1-15-6-5-7-18(12-15)26-16(2)13-22-20(21-3)23-14-17-8-10-19(11-9-17)27(4,24)25;/h5-12,16H,13-14H2,1-4H3,(H2,21,22,23);1H. The lowest BCUT2D eigenvalue weighted by Gasteiger charge is -2.18. The maximum atomic E-state index is 11.5. The van der Waals surface area contributed by atoms with Crippen LogP contribution in [-0.4, -0.2) is 40.3 Å². The molecule has 0 aliphatic heterocycles. The van der Waals surface area contributed by atoms with Crippen LogP contribution in [0.1, 0.15) is 18.1 Å².